The quantitative estimate of drug-likeness (QED) is 0.817. The highest BCUT2D eigenvalue weighted by atomic mass is 32.1. The van der Waals surface area contributed by atoms with Crippen molar-refractivity contribution in [2.75, 3.05) is 11.9 Å². The van der Waals surface area contributed by atoms with Crippen molar-refractivity contribution in [2.24, 2.45) is 0 Å². The molecule has 0 atom stereocenters. The Bertz CT molecular complexity index is 608. The number of rotatable bonds is 7. The molecule has 6 heteroatoms. The number of ether oxygens (including phenoxy) is 1. The summed E-state index contributed by atoms with van der Waals surface area (Å²) in [7, 11) is 0. The van der Waals surface area contributed by atoms with Crippen molar-refractivity contribution in [1.29, 1.82) is 0 Å². The van der Waals surface area contributed by atoms with Crippen molar-refractivity contribution >= 4 is 28.1 Å². The molecule has 2 aromatic rings. The molecule has 0 aliphatic rings. The summed E-state index contributed by atoms with van der Waals surface area (Å²) in [6, 6.07) is 7.66. The maximum absolute atomic E-state index is 10.6. The molecule has 1 aromatic heterocycles. The molecule has 1 aromatic carbocycles. The standard InChI is InChI=1S/C15H18N2O3S/c1-3-20-12-6-4-11(5-7-12)17-15-16-10(2)13(21-15)8-9-14(18)19/h4-7H,3,8-9H2,1-2H3,(H,16,17)(H,18,19). The number of benzene rings is 1. The molecule has 0 amide bonds. The van der Waals surface area contributed by atoms with Crippen LogP contribution in [-0.4, -0.2) is 22.7 Å². The van der Waals surface area contributed by atoms with Gasteiger partial charge in [0, 0.05) is 10.6 Å². The van der Waals surface area contributed by atoms with Crippen LogP contribution < -0.4 is 10.1 Å². The smallest absolute Gasteiger partial charge is 0.303 e. The average Bonchev–Trinajstić information content (AvgIpc) is 2.79. The molecule has 0 aliphatic carbocycles. The number of nitrogens with one attached hydrogen (secondary N) is 1. The highest BCUT2D eigenvalue weighted by molar-refractivity contribution is 7.15. The van der Waals surface area contributed by atoms with Gasteiger partial charge in [0.15, 0.2) is 5.13 Å². The van der Waals surface area contributed by atoms with Gasteiger partial charge >= 0.3 is 5.97 Å². The van der Waals surface area contributed by atoms with E-state index in [9.17, 15) is 4.79 Å². The summed E-state index contributed by atoms with van der Waals surface area (Å²) >= 11 is 1.49. The highest BCUT2D eigenvalue weighted by Gasteiger charge is 2.09. The van der Waals surface area contributed by atoms with E-state index >= 15 is 0 Å². The zero-order valence-electron chi connectivity index (χ0n) is 12.0. The topological polar surface area (TPSA) is 71.5 Å². The molecule has 21 heavy (non-hydrogen) atoms. The first-order valence-electron chi connectivity index (χ1n) is 6.76. The first kappa shape index (κ1) is 15.3. The Morgan fingerprint density at radius 3 is 2.71 bits per heavy atom. The molecule has 5 nitrogen and oxygen atoms in total. The van der Waals surface area contributed by atoms with E-state index < -0.39 is 5.97 Å². The van der Waals surface area contributed by atoms with Crippen LogP contribution >= 0.6 is 11.3 Å². The number of carbonyl (C=O) groups is 1. The van der Waals surface area contributed by atoms with E-state index in [0.29, 0.717) is 13.0 Å². The van der Waals surface area contributed by atoms with E-state index in [2.05, 4.69) is 10.3 Å². The fraction of sp³-hybridized carbons (Fsp3) is 0.333. The fourth-order valence-electron chi connectivity index (χ4n) is 1.86. The maximum atomic E-state index is 10.6. The average molecular weight is 306 g/mol. The van der Waals surface area contributed by atoms with Crippen molar-refractivity contribution in [3.05, 3.63) is 34.8 Å². The minimum Gasteiger partial charge on any atom is -0.494 e. The Labute approximate surface area is 127 Å². The Morgan fingerprint density at radius 2 is 2.10 bits per heavy atom. The lowest BCUT2D eigenvalue weighted by Crippen LogP contribution is -1.96. The molecule has 1 heterocycles. The Hall–Kier alpha value is -2.08. The minimum atomic E-state index is -0.788. The lowest BCUT2D eigenvalue weighted by molar-refractivity contribution is -0.136. The summed E-state index contributed by atoms with van der Waals surface area (Å²) in [5.74, 6) is 0.0457. The van der Waals surface area contributed by atoms with Gasteiger partial charge in [-0.1, -0.05) is 0 Å². The Morgan fingerprint density at radius 1 is 1.38 bits per heavy atom. The van der Waals surface area contributed by atoms with E-state index in [1.54, 1.807) is 0 Å². The van der Waals surface area contributed by atoms with Crippen LogP contribution in [-0.2, 0) is 11.2 Å². The molecule has 112 valence electrons. The molecular weight excluding hydrogens is 288 g/mol. The number of anilines is 2. The van der Waals surface area contributed by atoms with Crippen LogP contribution in [0.2, 0.25) is 0 Å². The number of hydrogen-bond acceptors (Lipinski definition) is 5. The van der Waals surface area contributed by atoms with E-state index in [1.807, 2.05) is 38.1 Å². The normalized spacial score (nSPS) is 10.4. The number of aliphatic carboxylic acids is 1. The van der Waals surface area contributed by atoms with Gasteiger partial charge in [0.1, 0.15) is 5.75 Å². The molecule has 0 spiro atoms. The number of thiazole rings is 1. The lowest BCUT2D eigenvalue weighted by Gasteiger charge is -2.05. The van der Waals surface area contributed by atoms with Gasteiger partial charge in [-0.25, -0.2) is 4.98 Å². The lowest BCUT2D eigenvalue weighted by atomic mass is 10.2. The minimum absolute atomic E-state index is 0.130. The third kappa shape index (κ3) is 4.46. The highest BCUT2D eigenvalue weighted by Crippen LogP contribution is 2.27. The number of aryl methyl sites for hydroxylation is 2. The van der Waals surface area contributed by atoms with E-state index in [0.717, 1.165) is 27.1 Å². The monoisotopic (exact) mass is 306 g/mol. The number of hydrogen-bond donors (Lipinski definition) is 2. The van der Waals surface area contributed by atoms with Gasteiger partial charge in [0.05, 0.1) is 18.7 Å². The van der Waals surface area contributed by atoms with Crippen LogP contribution in [0.25, 0.3) is 0 Å². The second kappa shape index (κ2) is 7.08. The third-order valence-electron chi connectivity index (χ3n) is 2.88. The van der Waals surface area contributed by atoms with Crippen LogP contribution in [0, 0.1) is 6.92 Å². The van der Waals surface area contributed by atoms with Crippen LogP contribution in [0.15, 0.2) is 24.3 Å². The summed E-state index contributed by atoms with van der Waals surface area (Å²) in [5, 5.41) is 12.7. The van der Waals surface area contributed by atoms with Crippen molar-refractivity contribution < 1.29 is 14.6 Å². The SMILES string of the molecule is CCOc1ccc(Nc2nc(C)c(CCC(=O)O)s2)cc1. The van der Waals surface area contributed by atoms with Crippen molar-refractivity contribution in [2.45, 2.75) is 26.7 Å². The summed E-state index contributed by atoms with van der Waals surface area (Å²) in [6.07, 6.45) is 0.648. The molecule has 0 aliphatic heterocycles. The third-order valence-corrected chi connectivity index (χ3v) is 4.01. The largest absolute Gasteiger partial charge is 0.494 e. The maximum Gasteiger partial charge on any atom is 0.303 e. The van der Waals surface area contributed by atoms with Crippen LogP contribution in [0.1, 0.15) is 23.9 Å². The molecule has 2 rings (SSSR count). The van der Waals surface area contributed by atoms with E-state index in [4.69, 9.17) is 9.84 Å². The van der Waals surface area contributed by atoms with Crippen LogP contribution in [0.3, 0.4) is 0 Å². The molecule has 0 fully saturated rings. The van der Waals surface area contributed by atoms with Gasteiger partial charge in [-0.2, -0.15) is 0 Å². The van der Waals surface area contributed by atoms with Gasteiger partial charge in [0.2, 0.25) is 0 Å². The van der Waals surface area contributed by atoms with Crippen molar-refractivity contribution in [1.82, 2.24) is 4.98 Å². The molecule has 0 bridgehead atoms. The van der Waals surface area contributed by atoms with Gasteiger partial charge in [-0.15, -0.1) is 11.3 Å². The van der Waals surface area contributed by atoms with Crippen LogP contribution in [0.4, 0.5) is 10.8 Å². The fourth-order valence-corrected chi connectivity index (χ4v) is 2.84. The predicted molar refractivity (Wildman–Crippen MR) is 83.7 cm³/mol. The summed E-state index contributed by atoms with van der Waals surface area (Å²) < 4.78 is 5.39. The van der Waals surface area contributed by atoms with Gasteiger partial charge in [0.25, 0.3) is 0 Å². The zero-order chi connectivity index (χ0) is 15.2. The molecule has 2 N–H and O–H groups in total. The summed E-state index contributed by atoms with van der Waals surface area (Å²) in [5.41, 5.74) is 1.81. The second-order valence-corrected chi connectivity index (χ2v) is 5.59. The number of nitrogens with zero attached hydrogens (tertiary/aromatic N) is 1. The molecular formula is C15H18N2O3S. The van der Waals surface area contributed by atoms with Gasteiger partial charge in [-0.05, 0) is 44.5 Å². The summed E-state index contributed by atoms with van der Waals surface area (Å²) in [4.78, 5) is 16.1. The number of carboxylic acids is 1. The Balaban J connectivity index is 2.02. The molecule has 0 radical (unpaired) electrons. The second-order valence-electron chi connectivity index (χ2n) is 4.50. The van der Waals surface area contributed by atoms with Crippen LogP contribution in [0.5, 0.6) is 5.75 Å². The number of aromatic nitrogens is 1. The van der Waals surface area contributed by atoms with Crippen molar-refractivity contribution in [3.63, 3.8) is 0 Å². The van der Waals surface area contributed by atoms with Gasteiger partial charge in [-0.3, -0.25) is 4.79 Å². The molecule has 0 saturated heterocycles. The van der Waals surface area contributed by atoms with Crippen molar-refractivity contribution in [3.8, 4) is 5.75 Å². The first-order valence-corrected chi connectivity index (χ1v) is 7.58. The molecule has 0 saturated carbocycles. The first-order chi connectivity index (χ1) is 10.1. The van der Waals surface area contributed by atoms with E-state index in [1.165, 1.54) is 11.3 Å². The predicted octanol–water partition coefficient (Wildman–Crippen LogP) is 3.61. The Kier molecular flexibility index (Phi) is 5.16. The zero-order valence-corrected chi connectivity index (χ0v) is 12.9. The molecule has 0 unspecified atom stereocenters. The van der Waals surface area contributed by atoms with Gasteiger partial charge < -0.3 is 15.2 Å². The van der Waals surface area contributed by atoms with E-state index in [-0.39, 0.29) is 6.42 Å². The summed E-state index contributed by atoms with van der Waals surface area (Å²) in [6.45, 7) is 4.49. The number of carboxylic acid groups (broad SMARTS) is 1.